The number of hydrogen-bond acceptors (Lipinski definition) is 3. The first-order chi connectivity index (χ1) is 6.63. The van der Waals surface area contributed by atoms with Crippen LogP contribution in [0.25, 0.3) is 0 Å². The largest absolute Gasteiger partial charge is 0.396 e. The van der Waals surface area contributed by atoms with Gasteiger partial charge in [0.05, 0.1) is 5.69 Å². The standard InChI is InChI=1S/C6H4F3N.H2O4S/c7-3-1-2-4(10)6(9)5(3)8;1-5(2,3)4/h1-2H,10H2;(H2,1,2,3,4). The smallest absolute Gasteiger partial charge is 0.394 e. The number of anilines is 1. The maximum atomic E-state index is 12.3. The minimum absolute atomic E-state index is 0.390. The quantitative estimate of drug-likeness (QED) is 0.360. The first-order valence-corrected chi connectivity index (χ1v) is 4.61. The molecule has 1 aromatic rings. The molecule has 0 aliphatic rings. The van der Waals surface area contributed by atoms with Crippen LogP contribution in [0.2, 0.25) is 0 Å². The monoisotopic (exact) mass is 245 g/mol. The fourth-order valence-corrected chi connectivity index (χ4v) is 0.541. The van der Waals surface area contributed by atoms with E-state index in [1.54, 1.807) is 0 Å². The van der Waals surface area contributed by atoms with Gasteiger partial charge in [-0.1, -0.05) is 0 Å². The minimum atomic E-state index is -4.67. The van der Waals surface area contributed by atoms with Crippen molar-refractivity contribution in [2.75, 3.05) is 5.73 Å². The number of benzene rings is 1. The normalized spacial score (nSPS) is 10.5. The highest BCUT2D eigenvalue weighted by Gasteiger charge is 2.09. The molecule has 0 saturated heterocycles. The van der Waals surface area contributed by atoms with Crippen molar-refractivity contribution in [3.63, 3.8) is 0 Å². The molecule has 4 N–H and O–H groups in total. The average molecular weight is 245 g/mol. The zero-order valence-electron chi connectivity index (χ0n) is 6.99. The Morgan fingerprint density at radius 1 is 1.07 bits per heavy atom. The van der Waals surface area contributed by atoms with Gasteiger partial charge in [-0.25, -0.2) is 13.2 Å². The van der Waals surface area contributed by atoms with Crippen molar-refractivity contribution in [2.24, 2.45) is 0 Å². The van der Waals surface area contributed by atoms with E-state index in [4.69, 9.17) is 23.3 Å². The Bertz CT molecular complexity index is 413. The molecule has 5 nitrogen and oxygen atoms in total. The Morgan fingerprint density at radius 3 is 1.80 bits per heavy atom. The second-order valence-electron chi connectivity index (χ2n) is 2.21. The van der Waals surface area contributed by atoms with Gasteiger partial charge in [-0.3, -0.25) is 9.11 Å². The summed E-state index contributed by atoms with van der Waals surface area (Å²) >= 11 is 0. The molecule has 1 aromatic carbocycles. The van der Waals surface area contributed by atoms with Crippen LogP contribution in [0.1, 0.15) is 0 Å². The molecule has 0 aliphatic carbocycles. The molecule has 0 spiro atoms. The zero-order chi connectivity index (χ0) is 12.2. The third kappa shape index (κ3) is 5.88. The number of nitrogens with two attached hydrogens (primary N) is 1. The molecule has 0 unspecified atom stereocenters. The van der Waals surface area contributed by atoms with E-state index in [0.717, 1.165) is 12.1 Å². The summed E-state index contributed by atoms with van der Waals surface area (Å²) in [5.41, 5.74) is 4.52. The highest BCUT2D eigenvalue weighted by molar-refractivity contribution is 7.79. The zero-order valence-corrected chi connectivity index (χ0v) is 7.80. The van der Waals surface area contributed by atoms with E-state index < -0.39 is 27.9 Å². The van der Waals surface area contributed by atoms with Crippen LogP contribution in [0.15, 0.2) is 12.1 Å². The Hall–Kier alpha value is -1.32. The van der Waals surface area contributed by atoms with E-state index in [1.165, 1.54) is 0 Å². The SMILES string of the molecule is Nc1ccc(F)c(F)c1F.O=S(=O)(O)O. The van der Waals surface area contributed by atoms with Crippen LogP contribution in [-0.4, -0.2) is 17.5 Å². The molecule has 0 fully saturated rings. The lowest BCUT2D eigenvalue weighted by atomic mass is 10.3. The molecule has 0 heterocycles. The fourth-order valence-electron chi connectivity index (χ4n) is 0.541. The van der Waals surface area contributed by atoms with Gasteiger partial charge in [0.25, 0.3) is 0 Å². The molecule has 86 valence electrons. The van der Waals surface area contributed by atoms with Gasteiger partial charge in [-0.05, 0) is 12.1 Å². The summed E-state index contributed by atoms with van der Waals surface area (Å²) in [6, 6.07) is 1.74. The van der Waals surface area contributed by atoms with Crippen molar-refractivity contribution in [1.29, 1.82) is 0 Å². The molecular formula is C6H6F3NO4S. The molecule has 0 aromatic heterocycles. The molecule has 0 amide bonds. The van der Waals surface area contributed by atoms with Gasteiger partial charge in [0.15, 0.2) is 17.5 Å². The van der Waals surface area contributed by atoms with Crippen molar-refractivity contribution >= 4 is 16.1 Å². The maximum Gasteiger partial charge on any atom is 0.394 e. The lowest BCUT2D eigenvalue weighted by Crippen LogP contribution is -1.96. The summed E-state index contributed by atoms with van der Waals surface area (Å²) in [7, 11) is -4.67. The summed E-state index contributed by atoms with van der Waals surface area (Å²) < 4.78 is 68.1. The van der Waals surface area contributed by atoms with Gasteiger partial charge in [-0.2, -0.15) is 8.42 Å². The van der Waals surface area contributed by atoms with E-state index in [2.05, 4.69) is 0 Å². The van der Waals surface area contributed by atoms with Crippen LogP contribution in [0.3, 0.4) is 0 Å². The van der Waals surface area contributed by atoms with E-state index in [1.807, 2.05) is 0 Å². The van der Waals surface area contributed by atoms with E-state index >= 15 is 0 Å². The minimum Gasteiger partial charge on any atom is -0.396 e. The fraction of sp³-hybridized carbons (Fsp3) is 0. The van der Waals surface area contributed by atoms with Crippen molar-refractivity contribution in [2.45, 2.75) is 0 Å². The van der Waals surface area contributed by atoms with Gasteiger partial charge in [-0.15, -0.1) is 0 Å². The Balaban J connectivity index is 0.000000336. The predicted octanol–water partition coefficient (Wildman–Crippen LogP) is 1.03. The second-order valence-corrected chi connectivity index (χ2v) is 3.11. The number of rotatable bonds is 0. The van der Waals surface area contributed by atoms with Crippen molar-refractivity contribution in [3.8, 4) is 0 Å². The molecule has 0 radical (unpaired) electrons. The van der Waals surface area contributed by atoms with Crippen LogP contribution in [0.4, 0.5) is 18.9 Å². The highest BCUT2D eigenvalue weighted by atomic mass is 32.3. The predicted molar refractivity (Wildman–Crippen MR) is 44.9 cm³/mol. The molecule has 0 aliphatic heterocycles. The lowest BCUT2D eigenvalue weighted by Gasteiger charge is -1.96. The Labute approximate surface area is 82.9 Å². The van der Waals surface area contributed by atoms with Gasteiger partial charge in [0, 0.05) is 0 Å². The van der Waals surface area contributed by atoms with Gasteiger partial charge < -0.3 is 5.73 Å². The maximum absolute atomic E-state index is 12.3. The Kier molecular flexibility index (Phi) is 4.52. The van der Waals surface area contributed by atoms with Gasteiger partial charge in [0.1, 0.15) is 0 Å². The van der Waals surface area contributed by atoms with Crippen molar-refractivity contribution in [1.82, 2.24) is 0 Å². The van der Waals surface area contributed by atoms with E-state index in [0.29, 0.717) is 0 Å². The molecule has 0 bridgehead atoms. The van der Waals surface area contributed by atoms with Crippen LogP contribution in [0, 0.1) is 17.5 Å². The Morgan fingerprint density at radius 2 is 1.47 bits per heavy atom. The summed E-state index contributed by atoms with van der Waals surface area (Å²) in [6.07, 6.45) is 0. The number of hydrogen-bond donors (Lipinski definition) is 3. The van der Waals surface area contributed by atoms with Crippen LogP contribution < -0.4 is 5.73 Å². The molecule has 9 heteroatoms. The first-order valence-electron chi connectivity index (χ1n) is 3.21. The topological polar surface area (TPSA) is 101 Å². The molecule has 1 rings (SSSR count). The van der Waals surface area contributed by atoms with Crippen LogP contribution in [0.5, 0.6) is 0 Å². The first kappa shape index (κ1) is 13.7. The summed E-state index contributed by atoms with van der Waals surface area (Å²) in [5, 5.41) is 0. The molecule has 0 atom stereocenters. The van der Waals surface area contributed by atoms with Crippen molar-refractivity contribution in [3.05, 3.63) is 29.6 Å². The van der Waals surface area contributed by atoms with E-state index in [-0.39, 0.29) is 5.69 Å². The third-order valence-corrected chi connectivity index (χ3v) is 1.07. The molecular weight excluding hydrogens is 239 g/mol. The van der Waals surface area contributed by atoms with Crippen LogP contribution in [-0.2, 0) is 10.4 Å². The van der Waals surface area contributed by atoms with E-state index in [9.17, 15) is 13.2 Å². The lowest BCUT2D eigenvalue weighted by molar-refractivity contribution is 0.381. The third-order valence-electron chi connectivity index (χ3n) is 1.07. The second kappa shape index (κ2) is 4.96. The van der Waals surface area contributed by atoms with Crippen molar-refractivity contribution < 1.29 is 30.7 Å². The highest BCUT2D eigenvalue weighted by Crippen LogP contribution is 2.15. The summed E-state index contributed by atoms with van der Waals surface area (Å²) in [5.74, 6) is -4.09. The summed E-state index contributed by atoms with van der Waals surface area (Å²) in [4.78, 5) is 0. The number of halogens is 3. The number of nitrogen functional groups attached to an aromatic ring is 1. The molecule has 15 heavy (non-hydrogen) atoms. The van der Waals surface area contributed by atoms with Crippen LogP contribution >= 0.6 is 0 Å². The summed E-state index contributed by atoms with van der Waals surface area (Å²) in [6.45, 7) is 0. The van der Waals surface area contributed by atoms with Gasteiger partial charge in [0.2, 0.25) is 0 Å². The average Bonchev–Trinajstić information content (AvgIpc) is 2.05. The molecule has 0 saturated carbocycles. The van der Waals surface area contributed by atoms with Gasteiger partial charge >= 0.3 is 10.4 Å².